The highest BCUT2D eigenvalue weighted by Crippen LogP contribution is 2.35. The summed E-state index contributed by atoms with van der Waals surface area (Å²) >= 11 is 5.45. The van der Waals surface area contributed by atoms with Crippen molar-refractivity contribution in [3.8, 4) is 0 Å². The first-order valence-corrected chi connectivity index (χ1v) is 7.51. The Hall–Kier alpha value is -0.470. The first-order valence-electron chi connectivity index (χ1n) is 5.57. The van der Waals surface area contributed by atoms with E-state index in [9.17, 15) is 0 Å². The molecule has 2 rings (SSSR count). The molecular weight excluding hydrogens is 280 g/mol. The second-order valence-corrected chi connectivity index (χ2v) is 5.70. The van der Waals surface area contributed by atoms with Gasteiger partial charge in [0.2, 0.25) is 0 Å². The number of allylic oxidation sites excluding steroid dienone is 4. The van der Waals surface area contributed by atoms with Crippen molar-refractivity contribution in [1.82, 2.24) is 0 Å². The Morgan fingerprint density at radius 3 is 2.69 bits per heavy atom. The molecule has 0 spiro atoms. The van der Waals surface area contributed by atoms with Crippen molar-refractivity contribution in [3.05, 3.63) is 53.0 Å². The van der Waals surface area contributed by atoms with E-state index in [4.69, 9.17) is 0 Å². The summed E-state index contributed by atoms with van der Waals surface area (Å²) < 4.78 is 0. The van der Waals surface area contributed by atoms with Gasteiger partial charge < -0.3 is 0 Å². The normalized spacial score (nSPS) is 17.8. The molecule has 0 N–H and O–H groups in total. The van der Waals surface area contributed by atoms with Gasteiger partial charge in [0.15, 0.2) is 0 Å². The summed E-state index contributed by atoms with van der Waals surface area (Å²) in [5, 5.41) is 1.04. The lowest BCUT2D eigenvalue weighted by molar-refractivity contribution is 1.04. The molecule has 16 heavy (non-hydrogen) atoms. The van der Waals surface area contributed by atoms with Crippen LogP contribution in [0.25, 0.3) is 0 Å². The lowest BCUT2D eigenvalue weighted by Crippen LogP contribution is -1.86. The van der Waals surface area contributed by atoms with Gasteiger partial charge >= 0.3 is 0 Å². The number of hydrogen-bond acceptors (Lipinski definition) is 1. The van der Waals surface area contributed by atoms with Gasteiger partial charge in [0.05, 0.1) is 0 Å². The Morgan fingerprint density at radius 2 is 2.06 bits per heavy atom. The van der Waals surface area contributed by atoms with Crippen LogP contribution in [-0.4, -0.2) is 5.33 Å². The predicted octanol–water partition coefficient (Wildman–Crippen LogP) is 5.17. The van der Waals surface area contributed by atoms with E-state index >= 15 is 0 Å². The average molecular weight is 295 g/mol. The smallest absolute Gasteiger partial charge is 0.0119 e. The van der Waals surface area contributed by atoms with E-state index in [1.54, 1.807) is 0 Å². The van der Waals surface area contributed by atoms with Crippen LogP contribution in [0.5, 0.6) is 0 Å². The fraction of sp³-hybridized carbons (Fsp3) is 0.286. The van der Waals surface area contributed by atoms with Gasteiger partial charge in [-0.2, -0.15) is 0 Å². The van der Waals surface area contributed by atoms with E-state index in [1.807, 2.05) is 11.8 Å². The van der Waals surface area contributed by atoms with E-state index in [-0.39, 0.29) is 0 Å². The minimum atomic E-state index is 1.04. The molecule has 1 aliphatic carbocycles. The van der Waals surface area contributed by atoms with E-state index in [2.05, 4.69) is 58.4 Å². The van der Waals surface area contributed by atoms with Crippen LogP contribution in [0.15, 0.2) is 57.9 Å². The third-order valence-corrected chi connectivity index (χ3v) is 4.18. The summed E-state index contributed by atoms with van der Waals surface area (Å²) in [6, 6.07) is 10.6. The molecule has 0 radical (unpaired) electrons. The van der Waals surface area contributed by atoms with Gasteiger partial charge in [0.25, 0.3) is 0 Å². The number of benzene rings is 1. The molecule has 0 amide bonds. The second-order valence-electron chi connectivity index (χ2n) is 3.74. The van der Waals surface area contributed by atoms with E-state index in [1.165, 1.54) is 28.2 Å². The molecule has 84 valence electrons. The maximum atomic E-state index is 3.54. The molecule has 0 fully saturated rings. The van der Waals surface area contributed by atoms with E-state index in [0.29, 0.717) is 0 Å². The van der Waals surface area contributed by atoms with Crippen molar-refractivity contribution in [2.45, 2.75) is 24.2 Å². The fourth-order valence-electron chi connectivity index (χ4n) is 1.77. The molecule has 0 heterocycles. The summed E-state index contributed by atoms with van der Waals surface area (Å²) in [5.74, 6) is 0. The zero-order chi connectivity index (χ0) is 11.2. The Labute approximate surface area is 110 Å². The van der Waals surface area contributed by atoms with Crippen LogP contribution in [0.3, 0.4) is 0 Å². The maximum absolute atomic E-state index is 3.54. The van der Waals surface area contributed by atoms with Crippen LogP contribution < -0.4 is 0 Å². The molecule has 2 heteroatoms. The Morgan fingerprint density at radius 1 is 1.25 bits per heavy atom. The fourth-order valence-corrected chi connectivity index (χ4v) is 3.52. The second kappa shape index (κ2) is 6.31. The van der Waals surface area contributed by atoms with Crippen molar-refractivity contribution in [3.63, 3.8) is 0 Å². The van der Waals surface area contributed by atoms with Gasteiger partial charge in [-0.25, -0.2) is 0 Å². The van der Waals surface area contributed by atoms with Gasteiger partial charge in [-0.3, -0.25) is 0 Å². The van der Waals surface area contributed by atoms with Gasteiger partial charge in [0.1, 0.15) is 0 Å². The maximum Gasteiger partial charge on any atom is 0.0119 e. The summed E-state index contributed by atoms with van der Waals surface area (Å²) in [6.07, 6.45) is 8.10. The van der Waals surface area contributed by atoms with Crippen LogP contribution in [0.2, 0.25) is 0 Å². The van der Waals surface area contributed by atoms with Gasteiger partial charge in [-0.15, -0.1) is 0 Å². The number of rotatable bonds is 4. The summed E-state index contributed by atoms with van der Waals surface area (Å²) in [4.78, 5) is 2.85. The highest BCUT2D eigenvalue weighted by molar-refractivity contribution is 9.09. The Balaban J connectivity index is 2.15. The van der Waals surface area contributed by atoms with E-state index in [0.717, 1.165) is 11.8 Å². The molecule has 0 aliphatic heterocycles. The van der Waals surface area contributed by atoms with Gasteiger partial charge in [-0.05, 0) is 41.9 Å². The first-order chi connectivity index (χ1) is 7.90. The highest BCUT2D eigenvalue weighted by Gasteiger charge is 2.09. The van der Waals surface area contributed by atoms with Crippen molar-refractivity contribution in [2.24, 2.45) is 0 Å². The molecular formula is C14H15BrS. The van der Waals surface area contributed by atoms with Crippen LogP contribution in [0.4, 0.5) is 0 Å². The van der Waals surface area contributed by atoms with Crippen LogP contribution in [-0.2, 0) is 0 Å². The van der Waals surface area contributed by atoms with E-state index < -0.39 is 0 Å². The van der Waals surface area contributed by atoms with Crippen molar-refractivity contribution in [2.75, 3.05) is 5.33 Å². The summed E-state index contributed by atoms with van der Waals surface area (Å²) in [5.41, 5.74) is 1.52. The summed E-state index contributed by atoms with van der Waals surface area (Å²) in [7, 11) is 0. The summed E-state index contributed by atoms with van der Waals surface area (Å²) in [6.45, 7) is 0. The molecule has 0 unspecified atom stereocenters. The van der Waals surface area contributed by atoms with Crippen LogP contribution in [0.1, 0.15) is 19.3 Å². The molecule has 1 aromatic rings. The molecule has 0 atom stereocenters. The SMILES string of the molecule is BrCC/C(Sc1ccccc1)=C1/C=CCC1. The highest BCUT2D eigenvalue weighted by atomic mass is 79.9. The lowest BCUT2D eigenvalue weighted by atomic mass is 10.2. The lowest BCUT2D eigenvalue weighted by Gasteiger charge is -2.09. The third-order valence-electron chi connectivity index (χ3n) is 2.56. The Bertz CT molecular complexity index is 392. The van der Waals surface area contributed by atoms with Gasteiger partial charge in [-0.1, -0.05) is 58.0 Å². The van der Waals surface area contributed by atoms with Crippen molar-refractivity contribution >= 4 is 27.7 Å². The topological polar surface area (TPSA) is 0 Å². The monoisotopic (exact) mass is 294 g/mol. The number of halogens is 1. The van der Waals surface area contributed by atoms with Crippen molar-refractivity contribution < 1.29 is 0 Å². The molecule has 1 aromatic carbocycles. The number of hydrogen-bond donors (Lipinski definition) is 0. The van der Waals surface area contributed by atoms with Crippen LogP contribution >= 0.6 is 27.7 Å². The number of alkyl halides is 1. The zero-order valence-electron chi connectivity index (χ0n) is 9.16. The molecule has 0 nitrogen and oxygen atoms in total. The zero-order valence-corrected chi connectivity index (χ0v) is 11.6. The predicted molar refractivity (Wildman–Crippen MR) is 76.1 cm³/mol. The standard InChI is InChI=1S/C14H15BrS/c15-11-10-14(12-6-4-5-7-12)16-13-8-2-1-3-9-13/h1-4,6,8-9H,5,7,10-11H2/b14-12+. The molecule has 1 aliphatic rings. The van der Waals surface area contributed by atoms with Crippen molar-refractivity contribution in [1.29, 1.82) is 0 Å². The first kappa shape index (κ1) is 12.0. The van der Waals surface area contributed by atoms with Crippen LogP contribution in [0, 0.1) is 0 Å². The average Bonchev–Trinajstić information content (AvgIpc) is 2.83. The molecule has 0 bridgehead atoms. The minimum absolute atomic E-state index is 1.04. The minimum Gasteiger partial charge on any atom is -0.0942 e. The van der Waals surface area contributed by atoms with Gasteiger partial charge in [0, 0.05) is 10.2 Å². The third kappa shape index (κ3) is 3.26. The Kier molecular flexibility index (Phi) is 4.73. The quantitative estimate of drug-likeness (QED) is 0.545. The number of thioether (sulfide) groups is 1. The molecule has 0 aromatic heterocycles. The molecule has 0 saturated heterocycles. The largest absolute Gasteiger partial charge is 0.0942 e. The molecule has 0 saturated carbocycles.